The molecule has 2 rings (SSSR count). The van der Waals surface area contributed by atoms with E-state index >= 15 is 0 Å². The molecule has 2 heterocycles. The summed E-state index contributed by atoms with van der Waals surface area (Å²) in [6.45, 7) is -0.301. The molecule has 0 unspecified atom stereocenters. The third-order valence-corrected chi connectivity index (χ3v) is 2.60. The molecule has 0 radical (unpaired) electrons. The summed E-state index contributed by atoms with van der Waals surface area (Å²) in [6, 6.07) is 0. The van der Waals surface area contributed by atoms with Gasteiger partial charge in [-0.2, -0.15) is 18.3 Å². The molecule has 5 nitrogen and oxygen atoms in total. The number of nitrogens with zero attached hydrogens (tertiary/aromatic N) is 4. The topological polar surface area (TPSA) is 63.8 Å². The summed E-state index contributed by atoms with van der Waals surface area (Å²) in [5, 5.41) is 19.9. The molecule has 0 fully saturated rings. The van der Waals surface area contributed by atoms with Crippen molar-refractivity contribution in [2.75, 3.05) is 0 Å². The van der Waals surface area contributed by atoms with Crippen LogP contribution < -0.4 is 0 Å². The van der Waals surface area contributed by atoms with Gasteiger partial charge in [-0.25, -0.2) is 4.68 Å². The van der Waals surface area contributed by atoms with E-state index in [0.29, 0.717) is 11.2 Å². The fourth-order valence-electron chi connectivity index (χ4n) is 0.975. The van der Waals surface area contributed by atoms with Crippen molar-refractivity contribution in [1.29, 1.82) is 0 Å². The third kappa shape index (κ3) is 2.04. The third-order valence-electron chi connectivity index (χ3n) is 1.70. The molecule has 0 aliphatic rings. The van der Waals surface area contributed by atoms with Crippen LogP contribution in [0.1, 0.15) is 10.6 Å². The highest BCUT2D eigenvalue weighted by Gasteiger charge is 2.32. The van der Waals surface area contributed by atoms with E-state index in [0.717, 1.165) is 22.2 Å². The summed E-state index contributed by atoms with van der Waals surface area (Å²) in [5.41, 5.74) is -0.853. The maximum Gasteiger partial charge on any atom is 0.419 e. The first-order valence-corrected chi connectivity index (χ1v) is 4.88. The van der Waals surface area contributed by atoms with Gasteiger partial charge >= 0.3 is 6.18 Å². The van der Waals surface area contributed by atoms with Crippen molar-refractivity contribution in [1.82, 2.24) is 20.0 Å². The van der Waals surface area contributed by atoms with Crippen LogP contribution in [0.4, 0.5) is 13.2 Å². The van der Waals surface area contributed by atoms with E-state index in [-0.39, 0.29) is 11.7 Å². The van der Waals surface area contributed by atoms with Gasteiger partial charge in [0.15, 0.2) is 0 Å². The van der Waals surface area contributed by atoms with Crippen LogP contribution in [0.25, 0.3) is 5.13 Å². The normalized spacial score (nSPS) is 12.0. The highest BCUT2D eigenvalue weighted by molar-refractivity contribution is 7.13. The van der Waals surface area contributed by atoms with Crippen LogP contribution in [0.2, 0.25) is 0 Å². The second-order valence-electron chi connectivity index (χ2n) is 2.81. The van der Waals surface area contributed by atoms with Crippen molar-refractivity contribution < 1.29 is 18.3 Å². The molecular weight excluding hydrogens is 245 g/mol. The smallest absolute Gasteiger partial charge is 0.389 e. The molecule has 0 amide bonds. The van der Waals surface area contributed by atoms with Gasteiger partial charge in [-0.1, -0.05) is 11.3 Å². The van der Waals surface area contributed by atoms with Gasteiger partial charge in [-0.3, -0.25) is 0 Å². The van der Waals surface area contributed by atoms with E-state index in [1.807, 2.05) is 0 Å². The Hall–Kier alpha value is -1.48. The first-order valence-electron chi connectivity index (χ1n) is 4.06. The van der Waals surface area contributed by atoms with Gasteiger partial charge in [0, 0.05) is 6.20 Å². The summed E-state index contributed by atoms with van der Waals surface area (Å²) < 4.78 is 37.8. The van der Waals surface area contributed by atoms with Crippen LogP contribution in [0, 0.1) is 0 Å². The summed E-state index contributed by atoms with van der Waals surface area (Å²) in [6.07, 6.45) is -2.90. The molecule has 0 bridgehead atoms. The molecule has 1 N–H and O–H groups in total. The molecule has 86 valence electrons. The average molecular weight is 250 g/mol. The van der Waals surface area contributed by atoms with Crippen LogP contribution in [-0.2, 0) is 12.8 Å². The highest BCUT2D eigenvalue weighted by Crippen LogP contribution is 2.29. The Morgan fingerprint density at radius 3 is 2.62 bits per heavy atom. The molecule has 0 aliphatic heterocycles. The predicted octanol–water partition coefficient (Wildman–Crippen LogP) is 1.23. The van der Waals surface area contributed by atoms with Crippen LogP contribution in [0.15, 0.2) is 12.4 Å². The zero-order valence-corrected chi connectivity index (χ0v) is 8.46. The molecule has 0 spiro atoms. The summed E-state index contributed by atoms with van der Waals surface area (Å²) in [4.78, 5) is 0. The second kappa shape index (κ2) is 3.83. The lowest BCUT2D eigenvalue weighted by Gasteiger charge is -1.99. The molecular formula is C7H5F3N4OS. The van der Waals surface area contributed by atoms with Crippen LogP contribution in [0.5, 0.6) is 0 Å². The monoisotopic (exact) mass is 250 g/mol. The van der Waals surface area contributed by atoms with E-state index in [2.05, 4.69) is 15.3 Å². The summed E-state index contributed by atoms with van der Waals surface area (Å²) >= 11 is 0.971. The molecule has 2 aromatic heterocycles. The van der Waals surface area contributed by atoms with Crippen molar-refractivity contribution in [3.63, 3.8) is 0 Å². The lowest BCUT2D eigenvalue weighted by atomic mass is 10.4. The number of halogens is 3. The quantitative estimate of drug-likeness (QED) is 0.870. The first-order chi connectivity index (χ1) is 7.50. The van der Waals surface area contributed by atoms with Gasteiger partial charge < -0.3 is 5.11 Å². The zero-order valence-electron chi connectivity index (χ0n) is 7.64. The number of alkyl halides is 3. The fraction of sp³-hybridized carbons (Fsp3) is 0.286. The second-order valence-corrected chi connectivity index (χ2v) is 3.85. The maximum atomic E-state index is 12.3. The lowest BCUT2D eigenvalue weighted by molar-refractivity contribution is -0.137. The fourth-order valence-corrected chi connectivity index (χ4v) is 1.61. The summed E-state index contributed by atoms with van der Waals surface area (Å²) in [5.74, 6) is 0. The number of hydrogen-bond donors (Lipinski definition) is 1. The van der Waals surface area contributed by atoms with E-state index < -0.39 is 11.7 Å². The zero-order chi connectivity index (χ0) is 11.8. The molecule has 0 atom stereocenters. The van der Waals surface area contributed by atoms with Crippen LogP contribution >= 0.6 is 11.3 Å². The lowest BCUT2D eigenvalue weighted by Crippen LogP contribution is -2.02. The minimum atomic E-state index is -4.43. The Balaban J connectivity index is 2.31. The highest BCUT2D eigenvalue weighted by atomic mass is 32.1. The van der Waals surface area contributed by atoms with Gasteiger partial charge in [0.2, 0.25) is 5.13 Å². The Morgan fingerprint density at radius 1 is 1.38 bits per heavy atom. The van der Waals surface area contributed by atoms with Gasteiger partial charge in [-0.15, -0.1) is 10.2 Å². The number of aliphatic hydroxyl groups excluding tert-OH is 1. The van der Waals surface area contributed by atoms with Crippen molar-refractivity contribution in [3.05, 3.63) is 23.0 Å². The molecule has 16 heavy (non-hydrogen) atoms. The Bertz CT molecular complexity index is 492. The summed E-state index contributed by atoms with van der Waals surface area (Å²) in [7, 11) is 0. The standard InChI is InChI=1S/C7H5F3N4OS/c8-7(9,10)4-1-11-14(2-4)6-13-12-5(3-15)16-6/h1-2,15H,3H2. The van der Waals surface area contributed by atoms with Crippen molar-refractivity contribution in [2.45, 2.75) is 12.8 Å². The van der Waals surface area contributed by atoms with Gasteiger partial charge in [-0.05, 0) is 0 Å². The largest absolute Gasteiger partial charge is 0.419 e. The minimum absolute atomic E-state index is 0.180. The molecule has 0 saturated heterocycles. The number of aromatic nitrogens is 4. The van der Waals surface area contributed by atoms with Crippen LogP contribution in [0.3, 0.4) is 0 Å². The maximum absolute atomic E-state index is 12.3. The van der Waals surface area contributed by atoms with Gasteiger partial charge in [0.25, 0.3) is 0 Å². The van der Waals surface area contributed by atoms with E-state index in [1.54, 1.807) is 0 Å². The molecule has 0 saturated carbocycles. The first kappa shape index (κ1) is 11.0. The van der Waals surface area contributed by atoms with E-state index in [1.165, 1.54) is 0 Å². The SMILES string of the molecule is OCc1nnc(-n2cc(C(F)(F)F)cn2)s1. The van der Waals surface area contributed by atoms with Crippen LogP contribution in [-0.4, -0.2) is 25.1 Å². The van der Waals surface area contributed by atoms with E-state index in [9.17, 15) is 13.2 Å². The predicted molar refractivity (Wildman–Crippen MR) is 48.0 cm³/mol. The van der Waals surface area contributed by atoms with Crippen molar-refractivity contribution in [2.24, 2.45) is 0 Å². The molecule has 0 aromatic carbocycles. The average Bonchev–Trinajstić information content (AvgIpc) is 2.85. The number of aliphatic hydroxyl groups is 1. The number of hydrogen-bond acceptors (Lipinski definition) is 5. The number of rotatable bonds is 2. The minimum Gasteiger partial charge on any atom is -0.389 e. The molecule has 0 aliphatic carbocycles. The molecule has 9 heteroatoms. The van der Waals surface area contributed by atoms with Crippen molar-refractivity contribution in [3.8, 4) is 5.13 Å². The van der Waals surface area contributed by atoms with Crippen molar-refractivity contribution >= 4 is 11.3 Å². The Kier molecular flexibility index (Phi) is 2.64. The molecule has 2 aromatic rings. The van der Waals surface area contributed by atoms with E-state index in [4.69, 9.17) is 5.11 Å². The Morgan fingerprint density at radius 2 is 2.12 bits per heavy atom. The van der Waals surface area contributed by atoms with Gasteiger partial charge in [0.05, 0.1) is 18.4 Å². The van der Waals surface area contributed by atoms with Gasteiger partial charge in [0.1, 0.15) is 5.01 Å². The Labute approximate surface area is 91.2 Å².